The minimum atomic E-state index is 0.122. The Bertz CT molecular complexity index is 477. The first-order valence-electron chi connectivity index (χ1n) is 7.13. The topological polar surface area (TPSA) is 46.3 Å². The van der Waals surface area contributed by atoms with E-state index in [4.69, 9.17) is 5.73 Å². The Morgan fingerprint density at radius 2 is 2.30 bits per heavy atom. The molecule has 0 saturated carbocycles. The van der Waals surface area contributed by atoms with Gasteiger partial charge in [0.25, 0.3) is 0 Å². The van der Waals surface area contributed by atoms with Crippen molar-refractivity contribution in [3.05, 3.63) is 35.4 Å². The Labute approximate surface area is 125 Å². The van der Waals surface area contributed by atoms with Crippen molar-refractivity contribution >= 4 is 17.7 Å². The highest BCUT2D eigenvalue weighted by Crippen LogP contribution is 2.29. The number of hydrogen-bond acceptors (Lipinski definition) is 3. The number of amides is 1. The zero-order valence-corrected chi connectivity index (χ0v) is 13.2. The van der Waals surface area contributed by atoms with Gasteiger partial charge in [0, 0.05) is 18.8 Å². The summed E-state index contributed by atoms with van der Waals surface area (Å²) in [6.45, 7) is 6.59. The highest BCUT2D eigenvalue weighted by atomic mass is 32.2. The van der Waals surface area contributed by atoms with Gasteiger partial charge in [0.15, 0.2) is 0 Å². The molecule has 1 aromatic carbocycles. The van der Waals surface area contributed by atoms with E-state index in [9.17, 15) is 4.79 Å². The molecule has 0 bridgehead atoms. The van der Waals surface area contributed by atoms with Crippen LogP contribution in [-0.4, -0.2) is 36.2 Å². The SMILES string of the molecule is Cc1cccc(CSCC(=O)N2CCC(C)(CN)C2)c1. The number of nitrogens with two attached hydrogens (primary N) is 1. The summed E-state index contributed by atoms with van der Waals surface area (Å²) in [5.74, 6) is 1.71. The first kappa shape index (κ1) is 15.4. The van der Waals surface area contributed by atoms with Crippen LogP contribution < -0.4 is 5.73 Å². The van der Waals surface area contributed by atoms with Crippen LogP contribution in [0.15, 0.2) is 24.3 Å². The Kier molecular flexibility index (Phi) is 5.11. The molecular weight excluding hydrogens is 268 g/mol. The molecule has 0 aromatic heterocycles. The Morgan fingerprint density at radius 1 is 1.50 bits per heavy atom. The van der Waals surface area contributed by atoms with Crippen LogP contribution in [0.1, 0.15) is 24.5 Å². The zero-order chi connectivity index (χ0) is 14.6. The molecule has 1 saturated heterocycles. The second-order valence-corrected chi connectivity index (χ2v) is 7.05. The average Bonchev–Trinajstić information content (AvgIpc) is 2.82. The average molecular weight is 292 g/mol. The van der Waals surface area contributed by atoms with Crippen LogP contribution in [-0.2, 0) is 10.5 Å². The van der Waals surface area contributed by atoms with E-state index in [1.807, 2.05) is 4.90 Å². The van der Waals surface area contributed by atoms with Crippen LogP contribution in [0.5, 0.6) is 0 Å². The van der Waals surface area contributed by atoms with Crippen LogP contribution in [0.4, 0.5) is 0 Å². The third kappa shape index (κ3) is 4.00. The molecule has 1 fully saturated rings. The third-order valence-electron chi connectivity index (χ3n) is 3.98. The Hall–Kier alpha value is -1.00. The Morgan fingerprint density at radius 3 is 2.95 bits per heavy atom. The largest absolute Gasteiger partial charge is 0.341 e. The zero-order valence-electron chi connectivity index (χ0n) is 12.4. The summed E-state index contributed by atoms with van der Waals surface area (Å²) in [7, 11) is 0. The van der Waals surface area contributed by atoms with E-state index in [2.05, 4.69) is 38.1 Å². The minimum Gasteiger partial charge on any atom is -0.341 e. The molecule has 1 heterocycles. The van der Waals surface area contributed by atoms with Gasteiger partial charge in [-0.05, 0) is 30.9 Å². The van der Waals surface area contributed by atoms with Gasteiger partial charge in [0.1, 0.15) is 0 Å². The van der Waals surface area contributed by atoms with Crippen molar-refractivity contribution in [3.63, 3.8) is 0 Å². The molecule has 4 heteroatoms. The number of carbonyl (C=O) groups is 1. The standard InChI is InChI=1S/C16H24N2OS/c1-13-4-3-5-14(8-13)9-20-10-15(19)18-7-6-16(2,11-17)12-18/h3-5,8H,6-7,9-12,17H2,1-2H3. The highest BCUT2D eigenvalue weighted by molar-refractivity contribution is 7.99. The van der Waals surface area contributed by atoms with Gasteiger partial charge in [0.05, 0.1) is 5.75 Å². The third-order valence-corrected chi connectivity index (χ3v) is 4.97. The fourth-order valence-electron chi connectivity index (χ4n) is 2.55. The molecule has 1 unspecified atom stereocenters. The predicted molar refractivity (Wildman–Crippen MR) is 85.7 cm³/mol. The molecule has 2 rings (SSSR count). The van der Waals surface area contributed by atoms with Crippen LogP contribution in [0.25, 0.3) is 0 Å². The lowest BCUT2D eigenvalue weighted by Gasteiger charge is -2.22. The summed E-state index contributed by atoms with van der Waals surface area (Å²) in [5.41, 5.74) is 8.46. The van der Waals surface area contributed by atoms with E-state index >= 15 is 0 Å². The number of aryl methyl sites for hydroxylation is 1. The van der Waals surface area contributed by atoms with Crippen LogP contribution in [0, 0.1) is 12.3 Å². The molecule has 2 N–H and O–H groups in total. The molecule has 3 nitrogen and oxygen atoms in total. The van der Waals surface area contributed by atoms with Gasteiger partial charge in [-0.3, -0.25) is 4.79 Å². The summed E-state index contributed by atoms with van der Waals surface area (Å²) >= 11 is 1.70. The summed E-state index contributed by atoms with van der Waals surface area (Å²) in [5, 5.41) is 0. The molecule has 1 atom stereocenters. The van der Waals surface area contributed by atoms with Gasteiger partial charge in [-0.25, -0.2) is 0 Å². The molecule has 1 aliphatic heterocycles. The molecule has 0 spiro atoms. The number of thioether (sulfide) groups is 1. The van der Waals surface area contributed by atoms with Crippen molar-refractivity contribution in [1.82, 2.24) is 4.90 Å². The highest BCUT2D eigenvalue weighted by Gasteiger charge is 2.34. The summed E-state index contributed by atoms with van der Waals surface area (Å²) < 4.78 is 0. The van der Waals surface area contributed by atoms with Gasteiger partial charge in [-0.2, -0.15) is 0 Å². The predicted octanol–water partition coefficient (Wildman–Crippen LogP) is 2.43. The fourth-order valence-corrected chi connectivity index (χ4v) is 3.43. The lowest BCUT2D eigenvalue weighted by Crippen LogP contribution is -2.35. The van der Waals surface area contributed by atoms with Gasteiger partial charge >= 0.3 is 0 Å². The van der Waals surface area contributed by atoms with E-state index in [1.165, 1.54) is 11.1 Å². The van der Waals surface area contributed by atoms with Crippen LogP contribution in [0.3, 0.4) is 0 Å². The van der Waals surface area contributed by atoms with E-state index in [1.54, 1.807) is 11.8 Å². The fraction of sp³-hybridized carbons (Fsp3) is 0.562. The number of rotatable bonds is 5. The lowest BCUT2D eigenvalue weighted by molar-refractivity contribution is -0.127. The maximum atomic E-state index is 12.2. The first-order valence-corrected chi connectivity index (χ1v) is 8.29. The molecule has 0 aliphatic carbocycles. The van der Waals surface area contributed by atoms with Gasteiger partial charge in [-0.15, -0.1) is 11.8 Å². The van der Waals surface area contributed by atoms with Crippen LogP contribution in [0.2, 0.25) is 0 Å². The monoisotopic (exact) mass is 292 g/mol. The summed E-state index contributed by atoms with van der Waals surface area (Å²) in [6, 6.07) is 8.46. The first-order chi connectivity index (χ1) is 9.52. The lowest BCUT2D eigenvalue weighted by atomic mass is 9.90. The molecule has 0 radical (unpaired) electrons. The quantitative estimate of drug-likeness (QED) is 0.906. The normalized spacial score (nSPS) is 22.2. The number of likely N-dealkylation sites (tertiary alicyclic amines) is 1. The number of hydrogen-bond donors (Lipinski definition) is 1. The number of nitrogens with zero attached hydrogens (tertiary/aromatic N) is 1. The van der Waals surface area contributed by atoms with E-state index < -0.39 is 0 Å². The molecule has 1 amide bonds. The van der Waals surface area contributed by atoms with Crippen LogP contribution >= 0.6 is 11.8 Å². The van der Waals surface area contributed by atoms with Crippen molar-refractivity contribution < 1.29 is 4.79 Å². The van der Waals surface area contributed by atoms with Gasteiger partial charge in [-0.1, -0.05) is 36.8 Å². The maximum absolute atomic E-state index is 12.2. The minimum absolute atomic E-state index is 0.122. The molecule has 1 aliphatic rings. The van der Waals surface area contributed by atoms with Gasteiger partial charge < -0.3 is 10.6 Å². The second kappa shape index (κ2) is 6.64. The summed E-state index contributed by atoms with van der Waals surface area (Å²) in [4.78, 5) is 14.1. The maximum Gasteiger partial charge on any atom is 0.232 e. The van der Waals surface area contributed by atoms with Crippen molar-refractivity contribution in [2.24, 2.45) is 11.1 Å². The second-order valence-electron chi connectivity index (χ2n) is 6.06. The number of benzene rings is 1. The van der Waals surface area contributed by atoms with E-state index in [-0.39, 0.29) is 11.3 Å². The van der Waals surface area contributed by atoms with E-state index in [0.717, 1.165) is 25.3 Å². The smallest absolute Gasteiger partial charge is 0.232 e. The molecule has 1 aromatic rings. The van der Waals surface area contributed by atoms with Crippen molar-refractivity contribution in [1.29, 1.82) is 0 Å². The number of carbonyl (C=O) groups excluding carboxylic acids is 1. The van der Waals surface area contributed by atoms with Crippen molar-refractivity contribution in [2.75, 3.05) is 25.4 Å². The van der Waals surface area contributed by atoms with Crippen molar-refractivity contribution in [3.8, 4) is 0 Å². The van der Waals surface area contributed by atoms with Gasteiger partial charge in [0.2, 0.25) is 5.91 Å². The summed E-state index contributed by atoms with van der Waals surface area (Å²) in [6.07, 6.45) is 1.03. The molecule has 20 heavy (non-hydrogen) atoms. The van der Waals surface area contributed by atoms with E-state index in [0.29, 0.717) is 12.3 Å². The molecule has 110 valence electrons. The Balaban J connectivity index is 1.76. The van der Waals surface area contributed by atoms with Crippen molar-refractivity contribution in [2.45, 2.75) is 26.0 Å². The molecular formula is C16H24N2OS.